The minimum Gasteiger partial charge on any atom is -0.392 e. The predicted molar refractivity (Wildman–Crippen MR) is 84.5 cm³/mol. The molecule has 1 aliphatic carbocycles. The van der Waals surface area contributed by atoms with Crippen LogP contribution in [-0.2, 0) is 4.79 Å². The second kappa shape index (κ2) is 5.95. The van der Waals surface area contributed by atoms with Gasteiger partial charge in [0.1, 0.15) is 0 Å². The molecule has 1 amide bonds. The van der Waals surface area contributed by atoms with Crippen LogP contribution in [0.25, 0.3) is 0 Å². The number of thiocarbonyl (C=S) groups is 1. The minimum absolute atomic E-state index is 0.0183. The van der Waals surface area contributed by atoms with Crippen molar-refractivity contribution < 1.29 is 4.79 Å². The first-order chi connectivity index (χ1) is 9.35. The zero-order valence-electron chi connectivity index (χ0n) is 12.7. The third-order valence-corrected chi connectivity index (χ3v) is 5.17. The van der Waals surface area contributed by atoms with Crippen LogP contribution in [0.1, 0.15) is 19.8 Å². The third kappa shape index (κ3) is 2.97. The summed E-state index contributed by atoms with van der Waals surface area (Å²) in [6.07, 6.45) is 1.57. The molecule has 0 spiro atoms. The predicted octanol–water partition coefficient (Wildman–Crippen LogP) is 0.0508. The SMILES string of the molecule is CC1CC(C(=O)NCC2CN(C)CCN2C)(C(N)=S)C1. The van der Waals surface area contributed by atoms with Gasteiger partial charge in [0.15, 0.2) is 0 Å². The van der Waals surface area contributed by atoms with Crippen LogP contribution >= 0.6 is 12.2 Å². The van der Waals surface area contributed by atoms with E-state index in [4.69, 9.17) is 18.0 Å². The van der Waals surface area contributed by atoms with Gasteiger partial charge in [0.05, 0.1) is 10.4 Å². The molecule has 0 aromatic rings. The molecule has 0 radical (unpaired) electrons. The quantitative estimate of drug-likeness (QED) is 0.718. The lowest BCUT2D eigenvalue weighted by atomic mass is 9.62. The number of nitrogens with two attached hydrogens (primary N) is 1. The Hall–Kier alpha value is -0.720. The number of likely N-dealkylation sites (N-methyl/N-ethyl adjacent to an activating group) is 2. The minimum atomic E-state index is -0.589. The van der Waals surface area contributed by atoms with Gasteiger partial charge in [0.2, 0.25) is 5.91 Å². The highest BCUT2D eigenvalue weighted by atomic mass is 32.1. The Labute approximate surface area is 126 Å². The van der Waals surface area contributed by atoms with Crippen molar-refractivity contribution in [2.75, 3.05) is 40.3 Å². The molecular formula is C14H26N4OS. The molecule has 6 heteroatoms. The van der Waals surface area contributed by atoms with Crippen molar-refractivity contribution in [1.82, 2.24) is 15.1 Å². The molecule has 1 atom stereocenters. The molecular weight excluding hydrogens is 272 g/mol. The van der Waals surface area contributed by atoms with Crippen molar-refractivity contribution in [1.29, 1.82) is 0 Å². The van der Waals surface area contributed by atoms with E-state index in [1.54, 1.807) is 0 Å². The molecule has 114 valence electrons. The summed E-state index contributed by atoms with van der Waals surface area (Å²) < 4.78 is 0. The molecule has 5 nitrogen and oxygen atoms in total. The van der Waals surface area contributed by atoms with Gasteiger partial charge in [-0.1, -0.05) is 19.1 Å². The Morgan fingerprint density at radius 3 is 2.60 bits per heavy atom. The number of rotatable bonds is 4. The Morgan fingerprint density at radius 2 is 2.05 bits per heavy atom. The average molecular weight is 298 g/mol. The van der Waals surface area contributed by atoms with E-state index in [1.165, 1.54) is 0 Å². The number of carbonyl (C=O) groups excluding carboxylic acids is 1. The van der Waals surface area contributed by atoms with E-state index >= 15 is 0 Å². The Balaban J connectivity index is 1.90. The molecule has 0 aromatic heterocycles. The highest BCUT2D eigenvalue weighted by molar-refractivity contribution is 7.80. The Morgan fingerprint density at radius 1 is 1.40 bits per heavy atom. The van der Waals surface area contributed by atoms with Crippen molar-refractivity contribution in [3.63, 3.8) is 0 Å². The fourth-order valence-electron chi connectivity index (χ4n) is 3.33. The van der Waals surface area contributed by atoms with Gasteiger partial charge in [-0.05, 0) is 32.9 Å². The van der Waals surface area contributed by atoms with Gasteiger partial charge < -0.3 is 16.0 Å². The van der Waals surface area contributed by atoms with Crippen molar-refractivity contribution in [2.45, 2.75) is 25.8 Å². The van der Waals surface area contributed by atoms with Gasteiger partial charge in [-0.3, -0.25) is 9.69 Å². The van der Waals surface area contributed by atoms with Gasteiger partial charge >= 0.3 is 0 Å². The molecule has 1 saturated heterocycles. The van der Waals surface area contributed by atoms with Gasteiger partial charge in [-0.15, -0.1) is 0 Å². The fraction of sp³-hybridized carbons (Fsp3) is 0.857. The van der Waals surface area contributed by atoms with E-state index in [0.29, 0.717) is 23.5 Å². The molecule has 2 fully saturated rings. The summed E-state index contributed by atoms with van der Waals surface area (Å²) in [5, 5.41) is 3.07. The van der Waals surface area contributed by atoms with Gasteiger partial charge in [0, 0.05) is 32.2 Å². The molecule has 1 aliphatic heterocycles. The highest BCUT2D eigenvalue weighted by Gasteiger charge is 2.50. The standard InChI is InChI=1S/C14H26N4OS/c1-10-6-14(7-10,12(15)20)13(19)16-8-11-9-17(2)4-5-18(11)3/h10-11H,4-9H2,1-3H3,(H2,15,20)(H,16,19). The fourth-order valence-corrected chi connectivity index (χ4v) is 3.59. The lowest BCUT2D eigenvalue weighted by molar-refractivity contribution is -0.133. The van der Waals surface area contributed by atoms with Crippen molar-refractivity contribution in [3.8, 4) is 0 Å². The van der Waals surface area contributed by atoms with E-state index in [0.717, 1.165) is 32.5 Å². The molecule has 2 aliphatic rings. The topological polar surface area (TPSA) is 61.6 Å². The van der Waals surface area contributed by atoms with Crippen LogP contribution in [0.2, 0.25) is 0 Å². The Bertz CT molecular complexity index is 395. The van der Waals surface area contributed by atoms with Gasteiger partial charge in [-0.2, -0.15) is 0 Å². The number of hydrogen-bond donors (Lipinski definition) is 2. The molecule has 0 bridgehead atoms. The second-order valence-electron chi connectivity index (χ2n) is 6.57. The van der Waals surface area contributed by atoms with Crippen LogP contribution in [0.3, 0.4) is 0 Å². The highest BCUT2D eigenvalue weighted by Crippen LogP contribution is 2.45. The van der Waals surface area contributed by atoms with E-state index < -0.39 is 5.41 Å². The number of hydrogen-bond acceptors (Lipinski definition) is 4. The maximum Gasteiger partial charge on any atom is 0.233 e. The summed E-state index contributed by atoms with van der Waals surface area (Å²) in [5.41, 5.74) is 5.22. The first-order valence-electron chi connectivity index (χ1n) is 7.32. The maximum absolute atomic E-state index is 12.5. The average Bonchev–Trinajstić information content (AvgIpc) is 2.35. The van der Waals surface area contributed by atoms with Crippen molar-refractivity contribution >= 4 is 23.1 Å². The van der Waals surface area contributed by atoms with E-state index in [-0.39, 0.29) is 5.91 Å². The first kappa shape index (κ1) is 15.7. The molecule has 20 heavy (non-hydrogen) atoms. The Kier molecular flexibility index (Phi) is 4.66. The van der Waals surface area contributed by atoms with E-state index in [9.17, 15) is 4.79 Å². The van der Waals surface area contributed by atoms with E-state index in [2.05, 4.69) is 36.1 Å². The maximum atomic E-state index is 12.5. The molecule has 0 aromatic carbocycles. The summed E-state index contributed by atoms with van der Waals surface area (Å²) in [6.45, 7) is 5.89. The van der Waals surface area contributed by atoms with Crippen molar-refractivity contribution in [2.24, 2.45) is 17.1 Å². The number of carbonyl (C=O) groups is 1. The number of nitrogens with one attached hydrogen (secondary N) is 1. The zero-order chi connectivity index (χ0) is 14.9. The van der Waals surface area contributed by atoms with Gasteiger partial charge in [0.25, 0.3) is 0 Å². The first-order valence-corrected chi connectivity index (χ1v) is 7.73. The largest absolute Gasteiger partial charge is 0.392 e. The molecule has 2 rings (SSSR count). The van der Waals surface area contributed by atoms with Crippen LogP contribution in [0, 0.1) is 11.3 Å². The van der Waals surface area contributed by atoms with Crippen LogP contribution in [0.4, 0.5) is 0 Å². The summed E-state index contributed by atoms with van der Waals surface area (Å²) >= 11 is 5.12. The molecule has 1 unspecified atom stereocenters. The zero-order valence-corrected chi connectivity index (χ0v) is 13.5. The smallest absolute Gasteiger partial charge is 0.233 e. The normalized spacial score (nSPS) is 35.4. The summed E-state index contributed by atoms with van der Waals surface area (Å²) in [7, 11) is 4.23. The monoisotopic (exact) mass is 298 g/mol. The second-order valence-corrected chi connectivity index (χ2v) is 7.01. The number of nitrogens with zero attached hydrogens (tertiary/aromatic N) is 2. The van der Waals surface area contributed by atoms with Crippen LogP contribution in [0.15, 0.2) is 0 Å². The summed E-state index contributed by atoms with van der Waals surface area (Å²) in [5.74, 6) is 0.551. The lowest BCUT2D eigenvalue weighted by Crippen LogP contribution is -2.59. The van der Waals surface area contributed by atoms with Crippen molar-refractivity contribution in [3.05, 3.63) is 0 Å². The lowest BCUT2D eigenvalue weighted by Gasteiger charge is -2.45. The molecule has 1 heterocycles. The molecule has 3 N–H and O–H groups in total. The number of amides is 1. The molecule has 1 saturated carbocycles. The third-order valence-electron chi connectivity index (χ3n) is 4.78. The van der Waals surface area contributed by atoms with Crippen LogP contribution < -0.4 is 11.1 Å². The number of piperazine rings is 1. The summed E-state index contributed by atoms with van der Waals surface area (Å²) in [6, 6.07) is 0.360. The summed E-state index contributed by atoms with van der Waals surface area (Å²) in [4.78, 5) is 17.4. The van der Waals surface area contributed by atoms with Crippen LogP contribution in [0.5, 0.6) is 0 Å². The van der Waals surface area contributed by atoms with E-state index in [1.807, 2.05) is 0 Å². The van der Waals surface area contributed by atoms with Gasteiger partial charge in [-0.25, -0.2) is 0 Å². The van der Waals surface area contributed by atoms with Crippen LogP contribution in [-0.4, -0.2) is 67.0 Å².